The number of aliphatic hydroxyl groups is 1. The molecule has 0 aromatic heterocycles. The molecule has 5 aliphatic carbocycles. The van der Waals surface area contributed by atoms with Crippen molar-refractivity contribution in [2.75, 3.05) is 6.61 Å². The quantitative estimate of drug-likeness (QED) is 0.414. The average molecular weight is 463 g/mol. The van der Waals surface area contributed by atoms with Gasteiger partial charge in [0.25, 0.3) is 0 Å². The second-order valence-corrected chi connectivity index (χ2v) is 14.3. The summed E-state index contributed by atoms with van der Waals surface area (Å²) in [6.45, 7) is 27.2. The highest BCUT2D eigenvalue weighted by atomic mass is 16.3. The Balaban J connectivity index is 1.70. The van der Waals surface area contributed by atoms with Gasteiger partial charge in [0.2, 0.25) is 0 Å². The van der Waals surface area contributed by atoms with Gasteiger partial charge in [-0.3, -0.25) is 0 Å². The van der Waals surface area contributed by atoms with E-state index in [1.54, 1.807) is 5.57 Å². The highest BCUT2D eigenvalue weighted by Crippen LogP contribution is 2.87. The molecule has 0 saturated heterocycles. The fraction of sp³-hybridized carbons (Fsp3) is 0.758. The zero-order valence-electron chi connectivity index (χ0n) is 23.2. The third-order valence-electron chi connectivity index (χ3n) is 14.0. The van der Waals surface area contributed by atoms with E-state index in [0.29, 0.717) is 11.8 Å². The standard InChI is InChI=1S/C33H50O/c1-10-11-25-17-27-20-30(7)29(6)15-13-26-16-22(2)12-14-28(26,5)32(29,9)23(3)18-31(30,8)33(27,19-25)24(4)21-34/h12,14,16,23,25,27,34H,2,4,10-11,13,15,17-21H2,1,3,5-9H3/t23-,25?,27-,28-,29-,30+,31-,32-,33+/m0/s1. The van der Waals surface area contributed by atoms with Crippen LogP contribution in [0.4, 0.5) is 0 Å². The lowest BCUT2D eigenvalue weighted by Gasteiger charge is -2.76. The lowest BCUT2D eigenvalue weighted by atomic mass is 9.28. The summed E-state index contributed by atoms with van der Waals surface area (Å²) in [5.74, 6) is 2.05. The summed E-state index contributed by atoms with van der Waals surface area (Å²) in [6.07, 6.45) is 17.4. The molecule has 0 radical (unpaired) electrons. The van der Waals surface area contributed by atoms with Crippen LogP contribution in [0.1, 0.15) is 99.8 Å². The van der Waals surface area contributed by atoms with Gasteiger partial charge in [-0.1, -0.05) is 98.3 Å². The van der Waals surface area contributed by atoms with Crippen LogP contribution in [0.3, 0.4) is 0 Å². The highest BCUT2D eigenvalue weighted by molar-refractivity contribution is 5.47. The second kappa shape index (κ2) is 7.24. The third-order valence-corrected chi connectivity index (χ3v) is 14.0. The number of allylic oxidation sites excluding steroid dienone is 5. The third kappa shape index (κ3) is 2.38. The summed E-state index contributed by atoms with van der Waals surface area (Å²) < 4.78 is 0. The van der Waals surface area contributed by atoms with E-state index in [9.17, 15) is 5.11 Å². The van der Waals surface area contributed by atoms with Crippen LogP contribution in [0.5, 0.6) is 0 Å². The molecule has 1 unspecified atom stereocenters. The minimum atomic E-state index is 0.0779. The minimum Gasteiger partial charge on any atom is -0.392 e. The molecule has 1 heteroatoms. The van der Waals surface area contributed by atoms with Crippen LogP contribution in [0, 0.1) is 50.2 Å². The van der Waals surface area contributed by atoms with E-state index in [2.05, 4.69) is 79.9 Å². The lowest BCUT2D eigenvalue weighted by Crippen LogP contribution is -2.70. The smallest absolute Gasteiger partial charge is 0.0644 e. The maximum Gasteiger partial charge on any atom is 0.0644 e. The molecule has 0 aromatic rings. The SMILES string of the molecule is C=C1C=C[C@@]2(C)C(=C1)CC[C@@]1(C)[C@@]3(C)C[C@@H]4CC(CCC)C[C@]4(C(=C)CO)[C@@]3(C)C[C@H](C)[C@]12C. The molecular weight excluding hydrogens is 412 g/mol. The Morgan fingerprint density at radius 3 is 2.41 bits per heavy atom. The summed E-state index contributed by atoms with van der Waals surface area (Å²) in [7, 11) is 0. The molecule has 0 aromatic carbocycles. The largest absolute Gasteiger partial charge is 0.392 e. The fourth-order valence-electron chi connectivity index (χ4n) is 11.9. The van der Waals surface area contributed by atoms with Crippen LogP contribution >= 0.6 is 0 Å². The maximum absolute atomic E-state index is 10.6. The van der Waals surface area contributed by atoms with Crippen molar-refractivity contribution in [1.82, 2.24) is 0 Å². The van der Waals surface area contributed by atoms with Crippen LogP contribution in [0.2, 0.25) is 0 Å². The monoisotopic (exact) mass is 462 g/mol. The summed E-state index contributed by atoms with van der Waals surface area (Å²) in [6, 6.07) is 0. The molecule has 1 nitrogen and oxygen atoms in total. The van der Waals surface area contributed by atoms with Gasteiger partial charge >= 0.3 is 0 Å². The van der Waals surface area contributed by atoms with Crippen molar-refractivity contribution in [1.29, 1.82) is 0 Å². The van der Waals surface area contributed by atoms with Gasteiger partial charge in [-0.2, -0.15) is 0 Å². The molecule has 4 fully saturated rings. The van der Waals surface area contributed by atoms with Gasteiger partial charge in [-0.05, 0) is 89.1 Å². The normalized spacial score (nSPS) is 53.6. The number of fused-ring (bicyclic) bond motifs is 7. The van der Waals surface area contributed by atoms with Crippen molar-refractivity contribution in [3.8, 4) is 0 Å². The summed E-state index contributed by atoms with van der Waals surface area (Å²) in [5, 5.41) is 10.6. The fourth-order valence-corrected chi connectivity index (χ4v) is 11.9. The first kappa shape index (κ1) is 24.6. The average Bonchev–Trinajstić information content (AvgIpc) is 3.23. The van der Waals surface area contributed by atoms with Gasteiger partial charge in [0.15, 0.2) is 0 Å². The Bertz CT molecular complexity index is 985. The minimum absolute atomic E-state index is 0.0779. The molecule has 0 aliphatic heterocycles. The van der Waals surface area contributed by atoms with Crippen molar-refractivity contribution in [2.45, 2.75) is 99.8 Å². The van der Waals surface area contributed by atoms with E-state index in [1.165, 1.54) is 51.4 Å². The van der Waals surface area contributed by atoms with Crippen molar-refractivity contribution in [3.63, 3.8) is 0 Å². The van der Waals surface area contributed by atoms with Crippen molar-refractivity contribution in [3.05, 3.63) is 48.1 Å². The number of aliphatic hydroxyl groups excluding tert-OH is 1. The van der Waals surface area contributed by atoms with E-state index in [4.69, 9.17) is 0 Å². The van der Waals surface area contributed by atoms with Gasteiger partial charge in [0.05, 0.1) is 6.61 Å². The molecule has 9 atom stereocenters. The molecule has 0 heterocycles. The first-order valence-corrected chi connectivity index (χ1v) is 14.2. The Labute approximate surface area is 209 Å². The summed E-state index contributed by atoms with van der Waals surface area (Å²) >= 11 is 0. The highest BCUT2D eigenvalue weighted by Gasteiger charge is 2.81. The predicted octanol–water partition coefficient (Wildman–Crippen LogP) is 8.67. The van der Waals surface area contributed by atoms with Crippen LogP contribution < -0.4 is 0 Å². The van der Waals surface area contributed by atoms with E-state index < -0.39 is 0 Å². The molecule has 5 aliphatic rings. The lowest BCUT2D eigenvalue weighted by molar-refractivity contribution is -0.251. The van der Waals surface area contributed by atoms with Crippen LogP contribution in [-0.4, -0.2) is 11.7 Å². The molecule has 188 valence electrons. The summed E-state index contributed by atoms with van der Waals surface area (Å²) in [5.41, 5.74) is 4.87. The van der Waals surface area contributed by atoms with E-state index in [1.807, 2.05) is 0 Å². The molecule has 1 N–H and O–H groups in total. The predicted molar refractivity (Wildman–Crippen MR) is 144 cm³/mol. The van der Waals surface area contributed by atoms with Gasteiger partial charge in [0, 0.05) is 10.8 Å². The second-order valence-electron chi connectivity index (χ2n) is 14.3. The Morgan fingerprint density at radius 1 is 1.06 bits per heavy atom. The van der Waals surface area contributed by atoms with Crippen molar-refractivity contribution < 1.29 is 5.11 Å². The number of hydrogen-bond acceptors (Lipinski definition) is 1. The van der Waals surface area contributed by atoms with Crippen LogP contribution in [0.15, 0.2) is 48.1 Å². The molecule has 4 saturated carbocycles. The van der Waals surface area contributed by atoms with Crippen molar-refractivity contribution >= 4 is 0 Å². The molecule has 5 rings (SSSR count). The number of rotatable bonds is 4. The molecule has 34 heavy (non-hydrogen) atoms. The topological polar surface area (TPSA) is 20.2 Å². The van der Waals surface area contributed by atoms with E-state index >= 15 is 0 Å². The molecule has 0 bridgehead atoms. The Morgan fingerprint density at radius 2 is 1.76 bits per heavy atom. The Hall–Kier alpha value is -1.08. The Kier molecular flexibility index (Phi) is 5.24. The van der Waals surface area contributed by atoms with Crippen molar-refractivity contribution in [2.24, 2.45) is 50.2 Å². The van der Waals surface area contributed by atoms with E-state index in [0.717, 1.165) is 17.1 Å². The maximum atomic E-state index is 10.6. The van der Waals surface area contributed by atoms with Gasteiger partial charge < -0.3 is 5.11 Å². The molecular formula is C33H50O. The zero-order chi connectivity index (χ0) is 24.9. The number of hydrogen-bond donors (Lipinski definition) is 1. The van der Waals surface area contributed by atoms with E-state index in [-0.39, 0.29) is 39.1 Å². The van der Waals surface area contributed by atoms with Gasteiger partial charge in [0.1, 0.15) is 0 Å². The molecule has 0 spiro atoms. The van der Waals surface area contributed by atoms with Crippen LogP contribution in [-0.2, 0) is 0 Å². The summed E-state index contributed by atoms with van der Waals surface area (Å²) in [4.78, 5) is 0. The van der Waals surface area contributed by atoms with Crippen LogP contribution in [0.25, 0.3) is 0 Å². The first-order chi connectivity index (χ1) is 15.8. The molecule has 0 amide bonds. The van der Waals surface area contributed by atoms with Gasteiger partial charge in [-0.15, -0.1) is 0 Å². The first-order valence-electron chi connectivity index (χ1n) is 14.2. The van der Waals surface area contributed by atoms with Gasteiger partial charge in [-0.25, -0.2) is 0 Å². The zero-order valence-corrected chi connectivity index (χ0v) is 23.2.